The van der Waals surface area contributed by atoms with Gasteiger partial charge in [-0.25, -0.2) is 0 Å². The van der Waals surface area contributed by atoms with Crippen LogP contribution in [0.15, 0.2) is 34.6 Å². The third-order valence-corrected chi connectivity index (χ3v) is 2.44. The molecule has 0 atom stereocenters. The van der Waals surface area contributed by atoms with Gasteiger partial charge in [-0.05, 0) is 33.3 Å². The zero-order valence-corrected chi connectivity index (χ0v) is 10.1. The normalized spacial score (nSPS) is 16.1. The van der Waals surface area contributed by atoms with Crippen LogP contribution in [0.3, 0.4) is 0 Å². The van der Waals surface area contributed by atoms with Gasteiger partial charge >= 0.3 is 0 Å². The third-order valence-electron chi connectivity index (χ3n) is 2.44. The Morgan fingerprint density at radius 1 is 1.38 bits per heavy atom. The van der Waals surface area contributed by atoms with Gasteiger partial charge in [0.25, 0.3) is 0 Å². The van der Waals surface area contributed by atoms with Gasteiger partial charge in [0.05, 0.1) is 7.11 Å². The van der Waals surface area contributed by atoms with Crippen LogP contribution in [0.1, 0.15) is 27.2 Å². The SMILES string of the molecule is COC1=C(C)C(=O)C(CC=C(C)C)=CC1=O. The molecule has 0 fully saturated rings. The van der Waals surface area contributed by atoms with Gasteiger partial charge in [-0.15, -0.1) is 0 Å². The summed E-state index contributed by atoms with van der Waals surface area (Å²) in [5.41, 5.74) is 2.05. The number of Topliss-reactive ketones (excluding diaryl/α,β-unsaturated/α-hetero) is 1. The molecular weight excluding hydrogens is 204 g/mol. The Bertz CT molecular complexity index is 418. The number of carbonyl (C=O) groups is 2. The Morgan fingerprint density at radius 3 is 2.50 bits per heavy atom. The molecule has 16 heavy (non-hydrogen) atoms. The zero-order valence-electron chi connectivity index (χ0n) is 10.1. The molecule has 1 rings (SSSR count). The van der Waals surface area contributed by atoms with E-state index in [-0.39, 0.29) is 17.3 Å². The summed E-state index contributed by atoms with van der Waals surface area (Å²) in [4.78, 5) is 23.5. The van der Waals surface area contributed by atoms with Gasteiger partial charge in [0.1, 0.15) is 0 Å². The van der Waals surface area contributed by atoms with Gasteiger partial charge in [0.2, 0.25) is 5.78 Å². The molecule has 86 valence electrons. The maximum Gasteiger partial charge on any atom is 0.221 e. The summed E-state index contributed by atoms with van der Waals surface area (Å²) in [5, 5.41) is 0. The van der Waals surface area contributed by atoms with Crippen LogP contribution in [0.4, 0.5) is 0 Å². The molecule has 3 heteroatoms. The highest BCUT2D eigenvalue weighted by Crippen LogP contribution is 2.22. The van der Waals surface area contributed by atoms with Crippen LogP contribution in [0.5, 0.6) is 0 Å². The molecule has 0 saturated carbocycles. The highest BCUT2D eigenvalue weighted by Gasteiger charge is 2.25. The minimum absolute atomic E-state index is 0.103. The van der Waals surface area contributed by atoms with E-state index in [0.717, 1.165) is 5.57 Å². The highest BCUT2D eigenvalue weighted by molar-refractivity contribution is 6.21. The fourth-order valence-corrected chi connectivity index (χ4v) is 1.54. The lowest BCUT2D eigenvalue weighted by atomic mass is 9.93. The molecule has 3 nitrogen and oxygen atoms in total. The molecule has 1 aliphatic carbocycles. The van der Waals surface area contributed by atoms with Crippen LogP contribution < -0.4 is 0 Å². The Balaban J connectivity index is 2.98. The molecule has 0 unspecified atom stereocenters. The van der Waals surface area contributed by atoms with Crippen molar-refractivity contribution in [3.8, 4) is 0 Å². The van der Waals surface area contributed by atoms with Crippen molar-refractivity contribution in [2.75, 3.05) is 7.11 Å². The van der Waals surface area contributed by atoms with Crippen molar-refractivity contribution < 1.29 is 14.3 Å². The van der Waals surface area contributed by atoms with E-state index in [1.165, 1.54) is 13.2 Å². The number of ketones is 2. The second-order valence-corrected chi connectivity index (χ2v) is 4.01. The maximum absolute atomic E-state index is 11.9. The van der Waals surface area contributed by atoms with Crippen LogP contribution in [-0.2, 0) is 14.3 Å². The van der Waals surface area contributed by atoms with Crippen molar-refractivity contribution in [3.63, 3.8) is 0 Å². The lowest BCUT2D eigenvalue weighted by molar-refractivity contribution is -0.118. The van der Waals surface area contributed by atoms with E-state index >= 15 is 0 Å². The van der Waals surface area contributed by atoms with Crippen LogP contribution in [0.25, 0.3) is 0 Å². The quantitative estimate of drug-likeness (QED) is 0.541. The number of hydrogen-bond donors (Lipinski definition) is 0. The Hall–Kier alpha value is -1.64. The molecule has 0 aromatic heterocycles. The number of methoxy groups -OCH3 is 1. The van der Waals surface area contributed by atoms with Crippen LogP contribution >= 0.6 is 0 Å². The highest BCUT2D eigenvalue weighted by atomic mass is 16.5. The molecule has 0 heterocycles. The van der Waals surface area contributed by atoms with Gasteiger partial charge in [0, 0.05) is 11.1 Å². The predicted octanol–water partition coefficient (Wildman–Crippen LogP) is 2.34. The minimum Gasteiger partial charge on any atom is -0.492 e. The van der Waals surface area contributed by atoms with E-state index in [9.17, 15) is 9.59 Å². The first-order valence-electron chi connectivity index (χ1n) is 5.15. The van der Waals surface area contributed by atoms with E-state index in [0.29, 0.717) is 17.6 Å². The van der Waals surface area contributed by atoms with Crippen LogP contribution in [0, 0.1) is 0 Å². The zero-order chi connectivity index (χ0) is 12.3. The van der Waals surface area contributed by atoms with E-state index in [1.54, 1.807) is 6.92 Å². The summed E-state index contributed by atoms with van der Waals surface area (Å²) >= 11 is 0. The number of carbonyl (C=O) groups excluding carboxylic acids is 2. The fraction of sp³-hybridized carbons (Fsp3) is 0.385. The third kappa shape index (κ3) is 2.48. The molecule has 0 spiro atoms. The number of hydrogen-bond acceptors (Lipinski definition) is 3. The molecule has 1 aliphatic rings. The van der Waals surface area contributed by atoms with Gasteiger partial charge < -0.3 is 4.74 Å². The molecule has 0 aromatic rings. The Kier molecular flexibility index (Phi) is 3.82. The standard InChI is InChI=1S/C13H16O3/c1-8(2)5-6-10-7-11(14)13(16-4)9(3)12(10)15/h5,7H,6H2,1-4H3. The Morgan fingerprint density at radius 2 is 2.00 bits per heavy atom. The topological polar surface area (TPSA) is 43.4 Å². The first-order valence-corrected chi connectivity index (χ1v) is 5.15. The molecule has 0 amide bonds. The molecule has 0 aliphatic heterocycles. The first kappa shape index (κ1) is 12.4. The summed E-state index contributed by atoms with van der Waals surface area (Å²) in [6.45, 7) is 5.53. The number of rotatable bonds is 3. The lowest BCUT2D eigenvalue weighted by Crippen LogP contribution is -2.18. The largest absolute Gasteiger partial charge is 0.492 e. The predicted molar refractivity (Wildman–Crippen MR) is 61.9 cm³/mol. The van der Waals surface area contributed by atoms with Crippen molar-refractivity contribution >= 4 is 11.6 Å². The van der Waals surface area contributed by atoms with Crippen LogP contribution in [-0.4, -0.2) is 18.7 Å². The van der Waals surface area contributed by atoms with Crippen LogP contribution in [0.2, 0.25) is 0 Å². The van der Waals surface area contributed by atoms with Crippen molar-refractivity contribution in [1.82, 2.24) is 0 Å². The average molecular weight is 220 g/mol. The average Bonchev–Trinajstić information content (AvgIpc) is 2.22. The number of ether oxygens (including phenoxy) is 1. The lowest BCUT2D eigenvalue weighted by Gasteiger charge is -2.14. The Labute approximate surface area is 95.5 Å². The monoisotopic (exact) mass is 220 g/mol. The summed E-state index contributed by atoms with van der Waals surface area (Å²) in [7, 11) is 1.40. The van der Waals surface area contributed by atoms with Gasteiger partial charge in [-0.3, -0.25) is 9.59 Å². The van der Waals surface area contributed by atoms with Gasteiger partial charge in [-0.2, -0.15) is 0 Å². The summed E-state index contributed by atoms with van der Waals surface area (Å²) in [6, 6.07) is 0. The molecular formula is C13H16O3. The minimum atomic E-state index is -0.225. The first-order chi connectivity index (χ1) is 7.47. The van der Waals surface area contributed by atoms with E-state index in [2.05, 4.69) is 0 Å². The molecule has 0 saturated heterocycles. The van der Waals surface area contributed by atoms with Crippen molar-refractivity contribution in [2.24, 2.45) is 0 Å². The van der Waals surface area contributed by atoms with Crippen molar-refractivity contribution in [2.45, 2.75) is 27.2 Å². The number of allylic oxidation sites excluding steroid dienone is 5. The maximum atomic E-state index is 11.9. The van der Waals surface area contributed by atoms with E-state index in [4.69, 9.17) is 4.74 Å². The fourth-order valence-electron chi connectivity index (χ4n) is 1.54. The van der Waals surface area contributed by atoms with E-state index < -0.39 is 0 Å². The molecule has 0 N–H and O–H groups in total. The van der Waals surface area contributed by atoms with Gasteiger partial charge in [0.15, 0.2) is 11.5 Å². The molecule has 0 bridgehead atoms. The van der Waals surface area contributed by atoms with E-state index in [1.807, 2.05) is 19.9 Å². The van der Waals surface area contributed by atoms with Gasteiger partial charge in [-0.1, -0.05) is 11.6 Å². The summed E-state index contributed by atoms with van der Waals surface area (Å²) in [5.74, 6) is -0.170. The summed E-state index contributed by atoms with van der Waals surface area (Å²) < 4.78 is 4.91. The summed E-state index contributed by atoms with van der Waals surface area (Å²) in [6.07, 6.45) is 3.80. The van der Waals surface area contributed by atoms with Crippen molar-refractivity contribution in [1.29, 1.82) is 0 Å². The smallest absolute Gasteiger partial charge is 0.221 e. The second-order valence-electron chi connectivity index (χ2n) is 4.01. The second kappa shape index (κ2) is 4.92. The molecule has 0 aromatic carbocycles. The van der Waals surface area contributed by atoms with Crippen molar-refractivity contribution in [3.05, 3.63) is 34.6 Å². The molecule has 0 radical (unpaired) electrons.